The Balaban J connectivity index is 2.81. The lowest BCUT2D eigenvalue weighted by Gasteiger charge is -2.30. The highest BCUT2D eigenvalue weighted by molar-refractivity contribution is 5.95. The van der Waals surface area contributed by atoms with E-state index in [4.69, 9.17) is 11.5 Å². The molecule has 9 nitrogen and oxygen atoms in total. The van der Waals surface area contributed by atoms with Crippen LogP contribution in [0.15, 0.2) is 0 Å². The number of amides is 4. The smallest absolute Gasteiger partial charge is 0.243 e. The first-order valence-corrected chi connectivity index (χ1v) is 9.44. The van der Waals surface area contributed by atoms with Crippen molar-refractivity contribution in [3.8, 4) is 0 Å². The zero-order valence-corrected chi connectivity index (χ0v) is 16.6. The van der Waals surface area contributed by atoms with E-state index >= 15 is 0 Å². The number of carbonyl (C=O) groups excluding carboxylic acids is 4. The molecule has 1 fully saturated rings. The van der Waals surface area contributed by atoms with Crippen LogP contribution in [0.3, 0.4) is 0 Å². The molecule has 1 rings (SSSR count). The Morgan fingerprint density at radius 2 is 1.37 bits per heavy atom. The van der Waals surface area contributed by atoms with Crippen LogP contribution in [0, 0.1) is 11.8 Å². The van der Waals surface area contributed by atoms with E-state index in [0.29, 0.717) is 12.8 Å². The second-order valence-corrected chi connectivity index (χ2v) is 7.97. The van der Waals surface area contributed by atoms with E-state index in [1.165, 1.54) is 0 Å². The lowest BCUT2D eigenvalue weighted by molar-refractivity contribution is -0.135. The first-order valence-electron chi connectivity index (χ1n) is 9.44. The number of nitrogens with two attached hydrogens (primary N) is 2. The van der Waals surface area contributed by atoms with Crippen LogP contribution >= 0.6 is 0 Å². The van der Waals surface area contributed by atoms with Gasteiger partial charge in [0.15, 0.2) is 0 Å². The van der Waals surface area contributed by atoms with Crippen molar-refractivity contribution in [2.75, 3.05) is 6.54 Å². The highest BCUT2D eigenvalue weighted by Crippen LogP contribution is 2.27. The Morgan fingerprint density at radius 3 is 1.81 bits per heavy atom. The number of rotatable bonds is 9. The van der Waals surface area contributed by atoms with Gasteiger partial charge in [-0.3, -0.25) is 19.2 Å². The molecule has 0 bridgehead atoms. The van der Waals surface area contributed by atoms with E-state index in [-0.39, 0.29) is 24.3 Å². The predicted octanol–water partition coefficient (Wildman–Crippen LogP) is -0.859. The molecule has 0 aromatic heterocycles. The molecule has 7 N–H and O–H groups in total. The molecule has 0 aromatic rings. The van der Waals surface area contributed by atoms with Crippen LogP contribution in [-0.2, 0) is 19.2 Å². The maximum absolute atomic E-state index is 12.8. The summed E-state index contributed by atoms with van der Waals surface area (Å²) in [5, 5.41) is 7.81. The molecule has 1 saturated carbocycles. The molecule has 4 amide bonds. The summed E-state index contributed by atoms with van der Waals surface area (Å²) in [6.07, 6.45) is 2.96. The van der Waals surface area contributed by atoms with Gasteiger partial charge in [-0.2, -0.15) is 0 Å². The van der Waals surface area contributed by atoms with Crippen LogP contribution in [0.5, 0.6) is 0 Å². The highest BCUT2D eigenvalue weighted by Gasteiger charge is 2.39. The quantitative estimate of drug-likeness (QED) is 0.350. The molecule has 2 atom stereocenters. The Kier molecular flexibility index (Phi) is 8.20. The summed E-state index contributed by atoms with van der Waals surface area (Å²) in [7, 11) is 0. The van der Waals surface area contributed by atoms with E-state index in [9.17, 15) is 19.2 Å². The van der Waals surface area contributed by atoms with Gasteiger partial charge in [0, 0.05) is 0 Å². The predicted molar refractivity (Wildman–Crippen MR) is 101 cm³/mol. The van der Waals surface area contributed by atoms with E-state index in [2.05, 4.69) is 16.0 Å². The number of hydrogen-bond donors (Lipinski definition) is 5. The first-order chi connectivity index (χ1) is 12.5. The average Bonchev–Trinajstić information content (AvgIpc) is 3.02. The van der Waals surface area contributed by atoms with Crippen molar-refractivity contribution < 1.29 is 19.2 Å². The van der Waals surface area contributed by atoms with E-state index < -0.39 is 35.3 Å². The summed E-state index contributed by atoms with van der Waals surface area (Å²) in [5.41, 5.74) is 10.3. The van der Waals surface area contributed by atoms with Crippen molar-refractivity contribution in [1.82, 2.24) is 16.0 Å². The van der Waals surface area contributed by atoms with Gasteiger partial charge in [0.1, 0.15) is 12.1 Å². The van der Waals surface area contributed by atoms with Crippen LogP contribution in [0.25, 0.3) is 0 Å². The molecule has 1 aliphatic carbocycles. The summed E-state index contributed by atoms with van der Waals surface area (Å²) in [5.74, 6) is -2.39. The van der Waals surface area contributed by atoms with Crippen molar-refractivity contribution in [2.45, 2.75) is 71.0 Å². The second kappa shape index (κ2) is 9.68. The molecule has 0 heterocycles. The first kappa shape index (κ1) is 22.9. The Bertz CT molecular complexity index is 570. The van der Waals surface area contributed by atoms with Crippen molar-refractivity contribution in [1.29, 1.82) is 0 Å². The molecule has 154 valence electrons. The van der Waals surface area contributed by atoms with Gasteiger partial charge in [0.05, 0.1) is 12.1 Å². The summed E-state index contributed by atoms with van der Waals surface area (Å²) >= 11 is 0. The maximum atomic E-state index is 12.8. The SMILES string of the molecule is CC(C)[C@H](NC(=O)[C@@H](NC(=O)C1(N)CCCC1)C(C)C)C(=O)NCC(N)=O. The van der Waals surface area contributed by atoms with Crippen molar-refractivity contribution >= 4 is 23.6 Å². The molecule has 0 saturated heterocycles. The Labute approximate surface area is 160 Å². The van der Waals surface area contributed by atoms with Crippen LogP contribution in [0.2, 0.25) is 0 Å². The van der Waals surface area contributed by atoms with Crippen LogP contribution in [0.1, 0.15) is 53.4 Å². The molecule has 0 radical (unpaired) electrons. The summed E-state index contributed by atoms with van der Waals surface area (Å²) in [6, 6.07) is -1.67. The molecule has 27 heavy (non-hydrogen) atoms. The highest BCUT2D eigenvalue weighted by atomic mass is 16.2. The summed E-state index contributed by atoms with van der Waals surface area (Å²) in [6.45, 7) is 6.84. The monoisotopic (exact) mass is 383 g/mol. The topological polar surface area (TPSA) is 156 Å². The zero-order chi connectivity index (χ0) is 20.8. The number of nitrogens with one attached hydrogen (secondary N) is 3. The fourth-order valence-electron chi connectivity index (χ4n) is 3.12. The van der Waals surface area contributed by atoms with Crippen LogP contribution in [-0.4, -0.2) is 47.8 Å². The standard InChI is InChI=1S/C18H33N5O4/c1-10(2)13(15(25)21-9-12(19)24)22-16(26)14(11(3)4)23-17(27)18(20)7-5-6-8-18/h10-11,13-14H,5-9,20H2,1-4H3,(H2,19,24)(H,21,25)(H,22,26)(H,23,27)/t13-,14-/m0/s1. The minimum atomic E-state index is -0.941. The van der Waals surface area contributed by atoms with Crippen molar-refractivity contribution in [2.24, 2.45) is 23.3 Å². The van der Waals surface area contributed by atoms with Gasteiger partial charge in [0.25, 0.3) is 0 Å². The normalized spacial score (nSPS) is 18.0. The molecule has 0 aromatic carbocycles. The molecule has 9 heteroatoms. The Hall–Kier alpha value is -2.16. The third kappa shape index (κ3) is 6.50. The van der Waals surface area contributed by atoms with E-state index in [1.54, 1.807) is 27.7 Å². The van der Waals surface area contributed by atoms with Crippen LogP contribution in [0.4, 0.5) is 0 Å². The minimum Gasteiger partial charge on any atom is -0.368 e. The fourth-order valence-corrected chi connectivity index (χ4v) is 3.12. The lowest BCUT2D eigenvalue weighted by atomic mass is 9.95. The minimum absolute atomic E-state index is 0.194. The van der Waals surface area contributed by atoms with Gasteiger partial charge in [0.2, 0.25) is 23.6 Å². The second-order valence-electron chi connectivity index (χ2n) is 7.97. The molecule has 0 unspecified atom stereocenters. The van der Waals surface area contributed by atoms with Gasteiger partial charge in [-0.25, -0.2) is 0 Å². The van der Waals surface area contributed by atoms with E-state index in [1.807, 2.05) is 0 Å². The maximum Gasteiger partial charge on any atom is 0.243 e. The molecule has 1 aliphatic rings. The van der Waals surface area contributed by atoms with Gasteiger partial charge in [-0.05, 0) is 24.7 Å². The van der Waals surface area contributed by atoms with Crippen molar-refractivity contribution in [3.05, 3.63) is 0 Å². The molecule has 0 spiro atoms. The molecular formula is C18H33N5O4. The van der Waals surface area contributed by atoms with Crippen molar-refractivity contribution in [3.63, 3.8) is 0 Å². The average molecular weight is 383 g/mol. The lowest BCUT2D eigenvalue weighted by Crippen LogP contribution is -2.61. The number of carbonyl (C=O) groups is 4. The zero-order valence-electron chi connectivity index (χ0n) is 16.6. The van der Waals surface area contributed by atoms with Gasteiger partial charge >= 0.3 is 0 Å². The summed E-state index contributed by atoms with van der Waals surface area (Å²) in [4.78, 5) is 48.4. The number of hydrogen-bond acceptors (Lipinski definition) is 5. The number of primary amides is 1. The Morgan fingerprint density at radius 1 is 0.889 bits per heavy atom. The fraction of sp³-hybridized carbons (Fsp3) is 0.778. The molecular weight excluding hydrogens is 350 g/mol. The third-order valence-electron chi connectivity index (χ3n) is 4.87. The van der Waals surface area contributed by atoms with E-state index in [0.717, 1.165) is 12.8 Å². The molecule has 0 aliphatic heterocycles. The largest absolute Gasteiger partial charge is 0.368 e. The summed E-state index contributed by atoms with van der Waals surface area (Å²) < 4.78 is 0. The third-order valence-corrected chi connectivity index (χ3v) is 4.87. The van der Waals surface area contributed by atoms with Gasteiger partial charge < -0.3 is 27.4 Å². The van der Waals surface area contributed by atoms with Crippen LogP contribution < -0.4 is 27.4 Å². The van der Waals surface area contributed by atoms with Gasteiger partial charge in [-0.15, -0.1) is 0 Å². The van der Waals surface area contributed by atoms with Gasteiger partial charge in [-0.1, -0.05) is 40.5 Å².